The predicted molar refractivity (Wildman–Crippen MR) is 74.5 cm³/mol. The molecule has 0 aromatic carbocycles. The number of amides is 1. The minimum atomic E-state index is -0.398. The number of nitrogens with one attached hydrogen (secondary N) is 2. The molecule has 1 fully saturated rings. The number of hydrogen-bond donors (Lipinski definition) is 2. The molecule has 0 atom stereocenters. The standard InChI is InChI=1S/C13H18N2O3S/c1-2-18-13(17)10-5-6-19-12(10)15-11(16)8-14-7-9-3-4-9/h5-6,9,14H,2-4,7-8H2,1H3,(H,15,16). The maximum Gasteiger partial charge on any atom is 0.341 e. The lowest BCUT2D eigenvalue weighted by Gasteiger charge is -2.06. The summed E-state index contributed by atoms with van der Waals surface area (Å²) in [4.78, 5) is 23.4. The smallest absolute Gasteiger partial charge is 0.341 e. The summed E-state index contributed by atoms with van der Waals surface area (Å²) in [7, 11) is 0. The molecule has 1 heterocycles. The highest BCUT2D eigenvalue weighted by molar-refractivity contribution is 7.14. The number of carbonyl (C=O) groups is 2. The summed E-state index contributed by atoms with van der Waals surface area (Å²) >= 11 is 1.32. The van der Waals surface area contributed by atoms with E-state index in [9.17, 15) is 9.59 Å². The van der Waals surface area contributed by atoms with Crippen molar-refractivity contribution in [2.75, 3.05) is 25.0 Å². The lowest BCUT2D eigenvalue weighted by atomic mass is 10.3. The Hall–Kier alpha value is -1.40. The van der Waals surface area contributed by atoms with Crippen LogP contribution < -0.4 is 10.6 Å². The van der Waals surface area contributed by atoms with Gasteiger partial charge in [-0.2, -0.15) is 0 Å². The number of anilines is 1. The van der Waals surface area contributed by atoms with Gasteiger partial charge in [0.1, 0.15) is 5.00 Å². The molecule has 0 spiro atoms. The lowest BCUT2D eigenvalue weighted by Crippen LogP contribution is -2.29. The monoisotopic (exact) mass is 282 g/mol. The first-order valence-electron chi connectivity index (χ1n) is 6.46. The van der Waals surface area contributed by atoms with Crippen molar-refractivity contribution >= 4 is 28.2 Å². The van der Waals surface area contributed by atoms with Crippen LogP contribution in [0.1, 0.15) is 30.1 Å². The van der Waals surface area contributed by atoms with Gasteiger partial charge >= 0.3 is 5.97 Å². The van der Waals surface area contributed by atoms with E-state index in [0.29, 0.717) is 17.2 Å². The molecule has 19 heavy (non-hydrogen) atoms. The molecule has 0 radical (unpaired) electrons. The largest absolute Gasteiger partial charge is 0.462 e. The van der Waals surface area contributed by atoms with Crippen LogP contribution in [-0.4, -0.2) is 31.6 Å². The van der Waals surface area contributed by atoms with Crippen LogP contribution in [0.2, 0.25) is 0 Å². The van der Waals surface area contributed by atoms with Crippen molar-refractivity contribution in [3.63, 3.8) is 0 Å². The molecule has 1 aromatic rings. The molecular formula is C13H18N2O3S. The maximum atomic E-state index is 11.7. The fraction of sp³-hybridized carbons (Fsp3) is 0.538. The van der Waals surface area contributed by atoms with Crippen molar-refractivity contribution < 1.29 is 14.3 Å². The average Bonchev–Trinajstić information content (AvgIpc) is 3.07. The van der Waals surface area contributed by atoms with E-state index in [4.69, 9.17) is 4.74 Å². The summed E-state index contributed by atoms with van der Waals surface area (Å²) in [5.41, 5.74) is 0.419. The Balaban J connectivity index is 1.82. The van der Waals surface area contributed by atoms with Crippen LogP contribution in [0.3, 0.4) is 0 Å². The van der Waals surface area contributed by atoms with Crippen molar-refractivity contribution in [2.24, 2.45) is 5.92 Å². The van der Waals surface area contributed by atoms with Gasteiger partial charge in [0.2, 0.25) is 5.91 Å². The molecule has 0 unspecified atom stereocenters. The van der Waals surface area contributed by atoms with Gasteiger partial charge in [-0.1, -0.05) is 0 Å². The number of hydrogen-bond acceptors (Lipinski definition) is 5. The third-order valence-electron chi connectivity index (χ3n) is 2.83. The van der Waals surface area contributed by atoms with E-state index in [1.807, 2.05) is 0 Å². The van der Waals surface area contributed by atoms with Gasteiger partial charge in [-0.3, -0.25) is 4.79 Å². The SMILES string of the molecule is CCOC(=O)c1ccsc1NC(=O)CNCC1CC1. The minimum Gasteiger partial charge on any atom is -0.462 e. The second-order valence-electron chi connectivity index (χ2n) is 4.51. The van der Waals surface area contributed by atoms with E-state index >= 15 is 0 Å². The molecule has 1 amide bonds. The topological polar surface area (TPSA) is 67.4 Å². The first-order valence-corrected chi connectivity index (χ1v) is 7.34. The summed E-state index contributed by atoms with van der Waals surface area (Å²) in [5, 5.41) is 8.17. The van der Waals surface area contributed by atoms with E-state index in [-0.39, 0.29) is 12.5 Å². The van der Waals surface area contributed by atoms with E-state index < -0.39 is 5.97 Å². The highest BCUT2D eigenvalue weighted by atomic mass is 32.1. The zero-order chi connectivity index (χ0) is 13.7. The number of esters is 1. The molecule has 1 saturated carbocycles. The molecule has 0 aliphatic heterocycles. The highest BCUT2D eigenvalue weighted by Gasteiger charge is 2.21. The van der Waals surface area contributed by atoms with E-state index in [0.717, 1.165) is 12.5 Å². The number of rotatable bonds is 7. The van der Waals surface area contributed by atoms with Gasteiger partial charge in [0, 0.05) is 0 Å². The summed E-state index contributed by atoms with van der Waals surface area (Å²) in [5.74, 6) is 0.211. The van der Waals surface area contributed by atoms with E-state index in [1.54, 1.807) is 18.4 Å². The van der Waals surface area contributed by atoms with Crippen molar-refractivity contribution in [3.05, 3.63) is 17.0 Å². The third kappa shape index (κ3) is 4.33. The van der Waals surface area contributed by atoms with Gasteiger partial charge in [0.05, 0.1) is 18.7 Å². The van der Waals surface area contributed by atoms with Crippen LogP contribution in [0, 0.1) is 5.92 Å². The maximum absolute atomic E-state index is 11.7. The van der Waals surface area contributed by atoms with Crippen LogP contribution in [0.4, 0.5) is 5.00 Å². The highest BCUT2D eigenvalue weighted by Crippen LogP contribution is 2.27. The fourth-order valence-electron chi connectivity index (χ4n) is 1.66. The predicted octanol–water partition coefficient (Wildman–Crippen LogP) is 1.86. The molecule has 1 aliphatic rings. The van der Waals surface area contributed by atoms with Crippen molar-refractivity contribution in [3.8, 4) is 0 Å². The molecule has 5 nitrogen and oxygen atoms in total. The van der Waals surface area contributed by atoms with Gasteiger partial charge in [0.15, 0.2) is 0 Å². The summed E-state index contributed by atoms with van der Waals surface area (Å²) < 4.78 is 4.93. The van der Waals surface area contributed by atoms with E-state index in [1.165, 1.54) is 24.2 Å². The Morgan fingerprint density at radius 3 is 2.95 bits per heavy atom. The molecule has 1 aromatic heterocycles. The summed E-state index contributed by atoms with van der Waals surface area (Å²) in [6.07, 6.45) is 2.51. The second-order valence-corrected chi connectivity index (χ2v) is 5.42. The quantitative estimate of drug-likeness (QED) is 0.749. The van der Waals surface area contributed by atoms with Crippen LogP contribution in [0.5, 0.6) is 0 Å². The average molecular weight is 282 g/mol. The van der Waals surface area contributed by atoms with Crippen LogP contribution >= 0.6 is 11.3 Å². The molecular weight excluding hydrogens is 264 g/mol. The zero-order valence-electron chi connectivity index (χ0n) is 10.9. The van der Waals surface area contributed by atoms with Gasteiger partial charge in [-0.25, -0.2) is 4.79 Å². The van der Waals surface area contributed by atoms with Crippen LogP contribution in [-0.2, 0) is 9.53 Å². The third-order valence-corrected chi connectivity index (χ3v) is 3.66. The Labute approximate surface area is 116 Å². The lowest BCUT2D eigenvalue weighted by molar-refractivity contribution is -0.115. The molecule has 6 heteroatoms. The Morgan fingerprint density at radius 1 is 1.47 bits per heavy atom. The minimum absolute atomic E-state index is 0.131. The normalized spacial score (nSPS) is 14.2. The van der Waals surface area contributed by atoms with Crippen LogP contribution in [0.15, 0.2) is 11.4 Å². The molecule has 104 valence electrons. The Morgan fingerprint density at radius 2 is 2.26 bits per heavy atom. The number of carbonyl (C=O) groups excluding carboxylic acids is 2. The zero-order valence-corrected chi connectivity index (χ0v) is 11.7. The Bertz CT molecular complexity index is 454. The molecule has 0 saturated heterocycles. The first-order chi connectivity index (χ1) is 9.20. The van der Waals surface area contributed by atoms with Crippen LogP contribution in [0.25, 0.3) is 0 Å². The molecule has 1 aliphatic carbocycles. The van der Waals surface area contributed by atoms with Crippen molar-refractivity contribution in [2.45, 2.75) is 19.8 Å². The second kappa shape index (κ2) is 6.68. The van der Waals surface area contributed by atoms with Crippen molar-refractivity contribution in [1.29, 1.82) is 0 Å². The van der Waals surface area contributed by atoms with Gasteiger partial charge in [-0.05, 0) is 43.7 Å². The molecule has 2 N–H and O–H groups in total. The molecule has 2 rings (SSSR count). The Kier molecular flexibility index (Phi) is 4.93. The van der Waals surface area contributed by atoms with E-state index in [2.05, 4.69) is 10.6 Å². The first kappa shape index (κ1) is 14.0. The fourth-order valence-corrected chi connectivity index (χ4v) is 2.45. The molecule has 0 bridgehead atoms. The van der Waals surface area contributed by atoms with Crippen molar-refractivity contribution in [1.82, 2.24) is 5.32 Å². The number of thiophene rings is 1. The van der Waals surface area contributed by atoms with Gasteiger partial charge < -0.3 is 15.4 Å². The number of ether oxygens (including phenoxy) is 1. The van der Waals surface area contributed by atoms with Gasteiger partial charge in [-0.15, -0.1) is 11.3 Å². The summed E-state index contributed by atoms with van der Waals surface area (Å²) in [6.45, 7) is 3.24. The van der Waals surface area contributed by atoms with Gasteiger partial charge in [0.25, 0.3) is 0 Å². The summed E-state index contributed by atoms with van der Waals surface area (Å²) in [6, 6.07) is 1.66.